The summed E-state index contributed by atoms with van der Waals surface area (Å²) in [4.78, 5) is 2.55. The molecule has 1 N–H and O–H groups in total. The maximum absolute atomic E-state index is 4.29. The Balaban J connectivity index is 1.62. The van der Waals surface area contributed by atoms with Crippen molar-refractivity contribution in [2.75, 3.05) is 18.4 Å². The second-order valence-corrected chi connectivity index (χ2v) is 6.05. The van der Waals surface area contributed by atoms with Gasteiger partial charge >= 0.3 is 0 Å². The molecule has 0 spiro atoms. The lowest BCUT2D eigenvalue weighted by Crippen LogP contribution is -2.42. The molecule has 0 radical (unpaired) electrons. The number of benzene rings is 1. The monoisotopic (exact) mass is 284 g/mol. The first-order chi connectivity index (χ1) is 10.2. The van der Waals surface area contributed by atoms with Gasteiger partial charge in [0.1, 0.15) is 0 Å². The summed E-state index contributed by atoms with van der Waals surface area (Å²) < 4.78 is 1.90. The summed E-state index contributed by atoms with van der Waals surface area (Å²) in [5, 5.41) is 7.96. The maximum Gasteiger partial charge on any atom is 0.0666 e. The number of hydrogen-bond acceptors (Lipinski definition) is 3. The van der Waals surface area contributed by atoms with E-state index in [4.69, 9.17) is 0 Å². The van der Waals surface area contributed by atoms with E-state index in [0.717, 1.165) is 5.69 Å². The van der Waals surface area contributed by atoms with Crippen LogP contribution in [0.2, 0.25) is 0 Å². The number of nitrogens with zero attached hydrogens (tertiary/aromatic N) is 3. The number of anilines is 1. The van der Waals surface area contributed by atoms with Crippen molar-refractivity contribution in [2.24, 2.45) is 0 Å². The molecule has 2 heterocycles. The molecule has 1 aliphatic rings. The van der Waals surface area contributed by atoms with Gasteiger partial charge in [0.25, 0.3) is 0 Å². The second-order valence-electron chi connectivity index (χ2n) is 6.05. The molecular formula is C17H24N4. The average molecular weight is 284 g/mol. The van der Waals surface area contributed by atoms with E-state index >= 15 is 0 Å². The molecule has 0 atom stereocenters. The Hall–Kier alpha value is -1.81. The highest BCUT2D eigenvalue weighted by Crippen LogP contribution is 2.20. The lowest BCUT2D eigenvalue weighted by atomic mass is 10.0. The van der Waals surface area contributed by atoms with Gasteiger partial charge in [-0.15, -0.1) is 0 Å². The molecule has 0 saturated carbocycles. The normalized spacial score (nSPS) is 17.3. The van der Waals surface area contributed by atoms with E-state index in [0.29, 0.717) is 12.1 Å². The van der Waals surface area contributed by atoms with Crippen LogP contribution in [0.5, 0.6) is 0 Å². The van der Waals surface area contributed by atoms with Crippen molar-refractivity contribution < 1.29 is 0 Å². The van der Waals surface area contributed by atoms with Gasteiger partial charge in [-0.1, -0.05) is 6.07 Å². The molecule has 1 fully saturated rings. The Morgan fingerprint density at radius 3 is 2.67 bits per heavy atom. The van der Waals surface area contributed by atoms with Gasteiger partial charge in [0.15, 0.2) is 0 Å². The quantitative estimate of drug-likeness (QED) is 0.936. The number of rotatable bonds is 4. The predicted molar refractivity (Wildman–Crippen MR) is 86.9 cm³/mol. The third-order valence-electron chi connectivity index (χ3n) is 4.25. The summed E-state index contributed by atoms with van der Waals surface area (Å²) in [5.41, 5.74) is 2.29. The van der Waals surface area contributed by atoms with Gasteiger partial charge in [-0.3, -0.25) is 0 Å². The minimum atomic E-state index is 0.577. The van der Waals surface area contributed by atoms with Crippen molar-refractivity contribution >= 4 is 5.69 Å². The zero-order valence-electron chi connectivity index (χ0n) is 12.9. The molecule has 0 aliphatic carbocycles. The third-order valence-corrected chi connectivity index (χ3v) is 4.25. The SMILES string of the molecule is CC(C)N1CCC(Nc2cccc(-n3cccn3)c2)CC1. The number of nitrogens with one attached hydrogen (secondary N) is 1. The summed E-state index contributed by atoms with van der Waals surface area (Å²) in [7, 11) is 0. The molecular weight excluding hydrogens is 260 g/mol. The molecule has 4 heteroatoms. The van der Waals surface area contributed by atoms with E-state index in [1.807, 2.05) is 23.1 Å². The van der Waals surface area contributed by atoms with Crippen molar-refractivity contribution in [2.45, 2.75) is 38.8 Å². The molecule has 3 rings (SSSR count). The predicted octanol–water partition coefficient (Wildman–Crippen LogP) is 3.16. The molecule has 0 unspecified atom stereocenters. The molecule has 112 valence electrons. The molecule has 1 saturated heterocycles. The smallest absolute Gasteiger partial charge is 0.0666 e. The number of piperidine rings is 1. The number of aromatic nitrogens is 2. The largest absolute Gasteiger partial charge is 0.382 e. The summed E-state index contributed by atoms with van der Waals surface area (Å²) in [6.07, 6.45) is 6.20. The average Bonchev–Trinajstić information content (AvgIpc) is 3.02. The highest BCUT2D eigenvalue weighted by molar-refractivity contribution is 5.51. The number of hydrogen-bond donors (Lipinski definition) is 1. The Kier molecular flexibility index (Phi) is 4.25. The topological polar surface area (TPSA) is 33.1 Å². The maximum atomic E-state index is 4.29. The molecule has 1 aliphatic heterocycles. The van der Waals surface area contributed by atoms with E-state index in [1.54, 1.807) is 0 Å². The van der Waals surface area contributed by atoms with E-state index < -0.39 is 0 Å². The Labute approximate surface area is 126 Å². The minimum absolute atomic E-state index is 0.577. The lowest BCUT2D eigenvalue weighted by molar-refractivity contribution is 0.177. The van der Waals surface area contributed by atoms with Crippen LogP contribution in [0.1, 0.15) is 26.7 Å². The van der Waals surface area contributed by atoms with Crippen LogP contribution in [-0.2, 0) is 0 Å². The van der Waals surface area contributed by atoms with Gasteiger partial charge < -0.3 is 10.2 Å². The van der Waals surface area contributed by atoms with Crippen molar-refractivity contribution in [1.82, 2.24) is 14.7 Å². The van der Waals surface area contributed by atoms with Crippen LogP contribution in [0.4, 0.5) is 5.69 Å². The molecule has 2 aromatic rings. The van der Waals surface area contributed by atoms with Crippen LogP contribution in [-0.4, -0.2) is 39.9 Å². The molecule has 1 aromatic carbocycles. The van der Waals surface area contributed by atoms with E-state index in [9.17, 15) is 0 Å². The Morgan fingerprint density at radius 1 is 1.19 bits per heavy atom. The molecule has 0 amide bonds. The van der Waals surface area contributed by atoms with Crippen LogP contribution in [0, 0.1) is 0 Å². The Bertz CT molecular complexity index is 554. The van der Waals surface area contributed by atoms with E-state index in [1.165, 1.54) is 31.6 Å². The molecule has 21 heavy (non-hydrogen) atoms. The van der Waals surface area contributed by atoms with Crippen molar-refractivity contribution in [1.29, 1.82) is 0 Å². The number of likely N-dealkylation sites (tertiary alicyclic amines) is 1. The van der Waals surface area contributed by atoms with E-state index in [-0.39, 0.29) is 0 Å². The van der Waals surface area contributed by atoms with Crippen LogP contribution in [0.15, 0.2) is 42.7 Å². The van der Waals surface area contributed by atoms with Crippen LogP contribution < -0.4 is 5.32 Å². The first-order valence-corrected chi connectivity index (χ1v) is 7.83. The molecule has 1 aromatic heterocycles. The van der Waals surface area contributed by atoms with Gasteiger partial charge in [0.2, 0.25) is 0 Å². The molecule has 4 nitrogen and oxygen atoms in total. The van der Waals surface area contributed by atoms with Gasteiger partial charge in [-0.05, 0) is 51.0 Å². The van der Waals surface area contributed by atoms with Crippen LogP contribution in [0.25, 0.3) is 5.69 Å². The fourth-order valence-corrected chi connectivity index (χ4v) is 2.96. The first kappa shape index (κ1) is 14.1. The zero-order chi connectivity index (χ0) is 14.7. The van der Waals surface area contributed by atoms with Crippen molar-refractivity contribution in [3.8, 4) is 5.69 Å². The fourth-order valence-electron chi connectivity index (χ4n) is 2.96. The highest BCUT2D eigenvalue weighted by Gasteiger charge is 2.20. The highest BCUT2D eigenvalue weighted by atomic mass is 15.3. The van der Waals surface area contributed by atoms with Gasteiger partial charge in [0.05, 0.1) is 5.69 Å². The van der Waals surface area contributed by atoms with Gasteiger partial charge in [-0.25, -0.2) is 4.68 Å². The van der Waals surface area contributed by atoms with E-state index in [2.05, 4.69) is 53.4 Å². The fraction of sp³-hybridized carbons (Fsp3) is 0.471. The summed E-state index contributed by atoms with van der Waals surface area (Å²) in [6.45, 7) is 6.94. The van der Waals surface area contributed by atoms with Crippen molar-refractivity contribution in [3.05, 3.63) is 42.7 Å². The Morgan fingerprint density at radius 2 is 2.00 bits per heavy atom. The zero-order valence-corrected chi connectivity index (χ0v) is 12.9. The first-order valence-electron chi connectivity index (χ1n) is 7.83. The summed E-state index contributed by atoms with van der Waals surface area (Å²) in [6, 6.07) is 11.7. The third kappa shape index (κ3) is 3.45. The van der Waals surface area contributed by atoms with Crippen molar-refractivity contribution in [3.63, 3.8) is 0 Å². The standard InChI is InChI=1S/C17H24N4/c1-14(2)20-11-7-15(8-12-20)19-16-5-3-6-17(13-16)21-10-4-9-18-21/h3-6,9-10,13-15,19H,7-8,11-12H2,1-2H3. The van der Waals surface area contributed by atoms with Gasteiger partial charge in [0, 0.05) is 43.3 Å². The van der Waals surface area contributed by atoms with Gasteiger partial charge in [-0.2, -0.15) is 5.10 Å². The lowest BCUT2D eigenvalue weighted by Gasteiger charge is -2.35. The second kappa shape index (κ2) is 6.31. The minimum Gasteiger partial charge on any atom is -0.382 e. The summed E-state index contributed by atoms with van der Waals surface area (Å²) in [5.74, 6) is 0. The van der Waals surface area contributed by atoms with Crippen LogP contribution >= 0.6 is 0 Å². The molecule has 0 bridgehead atoms. The van der Waals surface area contributed by atoms with Crippen LogP contribution in [0.3, 0.4) is 0 Å². The summed E-state index contributed by atoms with van der Waals surface area (Å²) >= 11 is 0.